The number of carbonyl (C=O) groups excluding carboxylic acids is 2. The van der Waals surface area contributed by atoms with Crippen LogP contribution in [0.15, 0.2) is 0 Å². The normalized spacial score (nSPS) is 12.6. The maximum absolute atomic E-state index is 11.8. The topological polar surface area (TPSA) is 122 Å². The lowest BCUT2D eigenvalue weighted by Gasteiger charge is -2.23. The second kappa shape index (κ2) is 7.73. The molecule has 0 spiro atoms. The lowest BCUT2D eigenvalue weighted by molar-refractivity contribution is -0.138. The summed E-state index contributed by atoms with van der Waals surface area (Å²) in [6, 6.07) is -0.852. The number of carboxylic acid groups (broad SMARTS) is 1. The van der Waals surface area contributed by atoms with E-state index in [4.69, 9.17) is 10.8 Å². The first-order chi connectivity index (χ1) is 8.68. The zero-order chi connectivity index (χ0) is 15.1. The average Bonchev–Trinajstić information content (AvgIpc) is 2.29. The molecule has 0 aromatic carbocycles. The summed E-state index contributed by atoms with van der Waals surface area (Å²) < 4.78 is 0. The number of carboxylic acids is 1. The van der Waals surface area contributed by atoms with Gasteiger partial charge in [0, 0.05) is 24.9 Å². The highest BCUT2D eigenvalue weighted by molar-refractivity contribution is 5.89. The van der Waals surface area contributed by atoms with Gasteiger partial charge in [-0.15, -0.1) is 0 Å². The Hall–Kier alpha value is -1.63. The van der Waals surface area contributed by atoms with Crippen LogP contribution >= 0.6 is 0 Å². The minimum atomic E-state index is -1.01. The number of rotatable bonds is 7. The zero-order valence-corrected chi connectivity index (χ0v) is 11.7. The Labute approximate surface area is 112 Å². The first-order valence-electron chi connectivity index (χ1n) is 6.19. The van der Waals surface area contributed by atoms with Crippen LogP contribution in [0.5, 0.6) is 0 Å². The molecule has 110 valence electrons. The summed E-state index contributed by atoms with van der Waals surface area (Å²) in [6.45, 7) is 5.72. The number of hydrogen-bond donors (Lipinski definition) is 4. The Kier molecular flexibility index (Phi) is 7.06. The van der Waals surface area contributed by atoms with Crippen LogP contribution in [0.1, 0.15) is 33.6 Å². The summed E-state index contributed by atoms with van der Waals surface area (Å²) in [5, 5.41) is 13.8. The molecule has 0 aliphatic carbocycles. The summed E-state index contributed by atoms with van der Waals surface area (Å²) in [5.41, 5.74) is 4.63. The first-order valence-corrected chi connectivity index (χ1v) is 6.19. The van der Waals surface area contributed by atoms with E-state index in [0.717, 1.165) is 0 Å². The molecule has 0 aromatic heterocycles. The molecule has 0 saturated carbocycles. The average molecular weight is 273 g/mol. The summed E-state index contributed by atoms with van der Waals surface area (Å²) in [5.74, 6) is -1.73. The Morgan fingerprint density at radius 2 is 1.84 bits per heavy atom. The Bertz CT molecular complexity index is 336. The fourth-order valence-electron chi connectivity index (χ4n) is 1.23. The number of nitrogens with two attached hydrogens (primary N) is 1. The van der Waals surface area contributed by atoms with Crippen molar-refractivity contribution in [2.45, 2.75) is 39.7 Å². The number of nitrogens with one attached hydrogen (secondary N) is 2. The van der Waals surface area contributed by atoms with E-state index in [0.29, 0.717) is 0 Å². The van der Waals surface area contributed by atoms with E-state index in [1.54, 1.807) is 20.8 Å². The minimum Gasteiger partial charge on any atom is -0.481 e. The van der Waals surface area contributed by atoms with Crippen molar-refractivity contribution in [1.82, 2.24) is 10.6 Å². The van der Waals surface area contributed by atoms with Gasteiger partial charge < -0.3 is 21.5 Å². The smallest absolute Gasteiger partial charge is 0.303 e. The number of aliphatic carboxylic acids is 1. The van der Waals surface area contributed by atoms with E-state index in [1.165, 1.54) is 0 Å². The molecule has 2 amide bonds. The molecule has 0 rings (SSSR count). The van der Waals surface area contributed by atoms with Gasteiger partial charge in [0.1, 0.15) is 6.04 Å². The third-order valence-electron chi connectivity index (χ3n) is 2.39. The predicted molar refractivity (Wildman–Crippen MR) is 70.3 cm³/mol. The van der Waals surface area contributed by atoms with Crippen molar-refractivity contribution in [2.24, 2.45) is 11.1 Å². The van der Waals surface area contributed by atoms with E-state index in [-0.39, 0.29) is 31.8 Å². The second-order valence-electron chi connectivity index (χ2n) is 5.29. The Balaban J connectivity index is 4.62. The van der Waals surface area contributed by atoms with Crippen molar-refractivity contribution in [3.05, 3.63) is 0 Å². The van der Waals surface area contributed by atoms with E-state index >= 15 is 0 Å². The quantitative estimate of drug-likeness (QED) is 0.496. The van der Waals surface area contributed by atoms with Gasteiger partial charge in [0.15, 0.2) is 0 Å². The standard InChI is InChI=1S/C12H23N3O4/c1-12(2,3)11(19)15-8(4-5-9(16)17)10(18)14-7-6-13/h8H,4-7,13H2,1-3H3,(H,14,18)(H,15,19)(H,16,17). The molecule has 0 aliphatic rings. The van der Waals surface area contributed by atoms with Gasteiger partial charge in [-0.1, -0.05) is 20.8 Å². The van der Waals surface area contributed by atoms with Crippen molar-refractivity contribution in [1.29, 1.82) is 0 Å². The Morgan fingerprint density at radius 3 is 2.26 bits per heavy atom. The van der Waals surface area contributed by atoms with E-state index in [2.05, 4.69) is 10.6 Å². The third-order valence-corrected chi connectivity index (χ3v) is 2.39. The van der Waals surface area contributed by atoms with E-state index < -0.39 is 23.3 Å². The maximum Gasteiger partial charge on any atom is 0.303 e. The van der Waals surface area contributed by atoms with Crippen LogP contribution in [0.2, 0.25) is 0 Å². The number of amides is 2. The van der Waals surface area contributed by atoms with Crippen LogP contribution in [-0.2, 0) is 14.4 Å². The van der Waals surface area contributed by atoms with Crippen molar-refractivity contribution in [2.75, 3.05) is 13.1 Å². The van der Waals surface area contributed by atoms with Crippen molar-refractivity contribution >= 4 is 17.8 Å². The molecule has 19 heavy (non-hydrogen) atoms. The number of carbonyl (C=O) groups is 3. The fourth-order valence-corrected chi connectivity index (χ4v) is 1.23. The molecule has 0 fully saturated rings. The zero-order valence-electron chi connectivity index (χ0n) is 11.7. The first kappa shape index (κ1) is 17.4. The van der Waals surface area contributed by atoms with Gasteiger partial charge in [0.05, 0.1) is 0 Å². The van der Waals surface area contributed by atoms with Gasteiger partial charge in [0.2, 0.25) is 11.8 Å². The summed E-state index contributed by atoms with van der Waals surface area (Å²) in [7, 11) is 0. The molecule has 0 saturated heterocycles. The van der Waals surface area contributed by atoms with Gasteiger partial charge in [-0.05, 0) is 6.42 Å². The molecular weight excluding hydrogens is 250 g/mol. The highest BCUT2D eigenvalue weighted by Gasteiger charge is 2.27. The van der Waals surface area contributed by atoms with E-state index in [9.17, 15) is 14.4 Å². The fraction of sp³-hybridized carbons (Fsp3) is 0.750. The van der Waals surface area contributed by atoms with Crippen molar-refractivity contribution < 1.29 is 19.5 Å². The SMILES string of the molecule is CC(C)(C)C(=O)NC(CCC(=O)O)C(=O)NCCN. The lowest BCUT2D eigenvalue weighted by atomic mass is 9.94. The molecule has 1 unspecified atom stereocenters. The summed E-state index contributed by atoms with van der Waals surface area (Å²) in [4.78, 5) is 34.2. The van der Waals surface area contributed by atoms with Gasteiger partial charge in [-0.25, -0.2) is 0 Å². The van der Waals surface area contributed by atoms with Crippen molar-refractivity contribution in [3.63, 3.8) is 0 Å². The van der Waals surface area contributed by atoms with Crippen LogP contribution in [0, 0.1) is 5.41 Å². The van der Waals surface area contributed by atoms with Gasteiger partial charge >= 0.3 is 5.97 Å². The molecule has 7 nitrogen and oxygen atoms in total. The summed E-state index contributed by atoms with van der Waals surface area (Å²) in [6.07, 6.45) is -0.140. The minimum absolute atomic E-state index is 0.0492. The maximum atomic E-state index is 11.8. The Morgan fingerprint density at radius 1 is 1.26 bits per heavy atom. The van der Waals surface area contributed by atoms with E-state index in [1.807, 2.05) is 0 Å². The monoisotopic (exact) mass is 273 g/mol. The van der Waals surface area contributed by atoms with Crippen LogP contribution in [0.25, 0.3) is 0 Å². The van der Waals surface area contributed by atoms with Gasteiger partial charge in [-0.3, -0.25) is 14.4 Å². The van der Waals surface area contributed by atoms with Crippen LogP contribution in [0.4, 0.5) is 0 Å². The second-order valence-corrected chi connectivity index (χ2v) is 5.29. The van der Waals surface area contributed by atoms with Crippen LogP contribution < -0.4 is 16.4 Å². The number of hydrogen-bond acceptors (Lipinski definition) is 4. The van der Waals surface area contributed by atoms with Crippen molar-refractivity contribution in [3.8, 4) is 0 Å². The molecule has 1 atom stereocenters. The molecule has 7 heteroatoms. The predicted octanol–water partition coefficient (Wildman–Crippen LogP) is -0.543. The molecule has 0 aliphatic heterocycles. The molecule has 0 bridgehead atoms. The molecule has 0 radical (unpaired) electrons. The molecule has 0 aromatic rings. The molecular formula is C12H23N3O4. The molecule has 0 heterocycles. The summed E-state index contributed by atoms with van der Waals surface area (Å²) >= 11 is 0. The van der Waals surface area contributed by atoms with Crippen LogP contribution in [-0.4, -0.2) is 42.0 Å². The molecule has 5 N–H and O–H groups in total. The third kappa shape index (κ3) is 7.40. The largest absolute Gasteiger partial charge is 0.481 e. The lowest BCUT2D eigenvalue weighted by Crippen LogP contribution is -2.50. The van der Waals surface area contributed by atoms with Gasteiger partial charge in [-0.2, -0.15) is 0 Å². The highest BCUT2D eigenvalue weighted by atomic mass is 16.4. The van der Waals surface area contributed by atoms with Crippen LogP contribution in [0.3, 0.4) is 0 Å². The van der Waals surface area contributed by atoms with Gasteiger partial charge in [0.25, 0.3) is 0 Å². The highest BCUT2D eigenvalue weighted by Crippen LogP contribution is 2.13.